The molecule has 1 N–H and O–H groups in total. The van der Waals surface area contributed by atoms with Crippen LogP contribution in [0.3, 0.4) is 0 Å². The van der Waals surface area contributed by atoms with Crippen LogP contribution in [0.2, 0.25) is 0 Å². The van der Waals surface area contributed by atoms with Crippen LogP contribution in [0.5, 0.6) is 0 Å². The highest BCUT2D eigenvalue weighted by molar-refractivity contribution is 5.93. The number of carbonyl (C=O) groups excluding carboxylic acids is 1. The second kappa shape index (κ2) is 6.30. The number of hydrogen-bond donors (Lipinski definition) is 1. The Kier molecular flexibility index (Phi) is 4.35. The van der Waals surface area contributed by atoms with Crippen molar-refractivity contribution in [3.63, 3.8) is 0 Å². The van der Waals surface area contributed by atoms with Crippen LogP contribution in [-0.2, 0) is 16.6 Å². The van der Waals surface area contributed by atoms with Gasteiger partial charge >= 0.3 is 0 Å². The fourth-order valence-electron chi connectivity index (χ4n) is 3.02. The molecule has 0 radical (unpaired) electrons. The molecule has 0 aliphatic carbocycles. The van der Waals surface area contributed by atoms with Gasteiger partial charge in [0.1, 0.15) is 0 Å². The zero-order valence-electron chi connectivity index (χ0n) is 14.8. The number of fused-ring (bicyclic) bond motifs is 1. The molecule has 0 saturated carbocycles. The summed E-state index contributed by atoms with van der Waals surface area (Å²) in [5.41, 5.74) is 3.18. The number of hydrogen-bond acceptors (Lipinski definition) is 4. The predicted octanol–water partition coefficient (Wildman–Crippen LogP) is 3.75. The molecule has 0 unspecified atom stereocenters. The molecule has 1 amide bonds. The second-order valence-corrected chi connectivity index (χ2v) is 7.52. The van der Waals surface area contributed by atoms with Crippen molar-refractivity contribution in [2.75, 3.05) is 16.8 Å². The summed E-state index contributed by atoms with van der Waals surface area (Å²) in [6.07, 6.45) is 2.12. The summed E-state index contributed by atoms with van der Waals surface area (Å²) >= 11 is 0. The van der Waals surface area contributed by atoms with Crippen molar-refractivity contribution in [2.45, 2.75) is 52.0 Å². The quantitative estimate of drug-likeness (QED) is 0.933. The van der Waals surface area contributed by atoms with Gasteiger partial charge in [-0.05, 0) is 31.4 Å². The first-order valence-electron chi connectivity index (χ1n) is 8.46. The zero-order chi connectivity index (χ0) is 17.3. The van der Waals surface area contributed by atoms with Gasteiger partial charge in [0.05, 0.1) is 12.2 Å². The minimum absolute atomic E-state index is 0.0878. The Labute approximate surface area is 143 Å². The molecular weight excluding hydrogens is 302 g/mol. The Balaban J connectivity index is 1.70. The molecule has 1 aromatic carbocycles. The maximum Gasteiger partial charge on any atom is 0.246 e. The third-order valence-corrected chi connectivity index (χ3v) is 4.52. The lowest BCUT2D eigenvalue weighted by Gasteiger charge is -2.36. The number of rotatable bonds is 3. The van der Waals surface area contributed by atoms with E-state index in [2.05, 4.69) is 61.3 Å². The Morgan fingerprint density at radius 3 is 2.83 bits per heavy atom. The van der Waals surface area contributed by atoms with Gasteiger partial charge in [-0.15, -0.1) is 0 Å². The normalized spacial score (nSPS) is 17.5. The largest absolute Gasteiger partial charge is 0.359 e. The fraction of sp³-hybridized carbons (Fsp3) is 0.474. The first-order chi connectivity index (χ1) is 11.3. The van der Waals surface area contributed by atoms with Crippen LogP contribution in [0.1, 0.15) is 45.4 Å². The zero-order valence-corrected chi connectivity index (χ0v) is 14.8. The lowest BCUT2D eigenvalue weighted by molar-refractivity contribution is -0.115. The minimum Gasteiger partial charge on any atom is -0.359 e. The summed E-state index contributed by atoms with van der Waals surface area (Å²) in [6.45, 7) is 8.65. The highest BCUT2D eigenvalue weighted by atomic mass is 16.5. The molecule has 24 heavy (non-hydrogen) atoms. The summed E-state index contributed by atoms with van der Waals surface area (Å²) in [4.78, 5) is 14.6. The molecule has 0 fully saturated rings. The van der Waals surface area contributed by atoms with Gasteiger partial charge in [-0.3, -0.25) is 10.1 Å². The van der Waals surface area contributed by atoms with E-state index in [1.165, 1.54) is 5.56 Å². The molecule has 1 aliphatic rings. The molecule has 2 heterocycles. The van der Waals surface area contributed by atoms with Gasteiger partial charge in [0.25, 0.3) is 0 Å². The van der Waals surface area contributed by atoms with E-state index in [9.17, 15) is 4.79 Å². The molecule has 128 valence electrons. The minimum atomic E-state index is -0.104. The highest BCUT2D eigenvalue weighted by Crippen LogP contribution is 2.30. The highest BCUT2D eigenvalue weighted by Gasteiger charge is 2.25. The Hall–Kier alpha value is -2.30. The molecule has 1 atom stereocenters. The van der Waals surface area contributed by atoms with E-state index in [1.54, 1.807) is 6.07 Å². The van der Waals surface area contributed by atoms with Crippen molar-refractivity contribution in [3.05, 3.63) is 41.6 Å². The first kappa shape index (κ1) is 16.6. The lowest BCUT2D eigenvalue weighted by atomic mass is 9.92. The standard InChI is InChI=1S/C19H25N3O2/c1-13-9-10-14-7-5-6-8-15(14)22(13)12-17(23)20-18-11-16(21-24-18)19(2,3)4/h5-8,11,13H,9-10,12H2,1-4H3,(H,20,23)/t13-/m1/s1. The number of benzene rings is 1. The second-order valence-electron chi connectivity index (χ2n) is 7.52. The first-order valence-corrected chi connectivity index (χ1v) is 8.46. The van der Waals surface area contributed by atoms with E-state index >= 15 is 0 Å². The summed E-state index contributed by atoms with van der Waals surface area (Å²) < 4.78 is 5.25. The number of nitrogens with zero attached hydrogens (tertiary/aromatic N) is 2. The monoisotopic (exact) mass is 327 g/mol. The Morgan fingerprint density at radius 1 is 1.38 bits per heavy atom. The SMILES string of the molecule is C[C@@H]1CCc2ccccc2N1CC(=O)Nc1cc(C(C)(C)C)no1. The van der Waals surface area contributed by atoms with E-state index in [4.69, 9.17) is 4.52 Å². The molecule has 2 aromatic rings. The Morgan fingerprint density at radius 2 is 2.12 bits per heavy atom. The number of aryl methyl sites for hydroxylation is 1. The van der Waals surface area contributed by atoms with E-state index in [0.717, 1.165) is 24.2 Å². The predicted molar refractivity (Wildman–Crippen MR) is 95.4 cm³/mol. The van der Waals surface area contributed by atoms with Gasteiger partial charge in [0, 0.05) is 23.2 Å². The number of nitrogens with one attached hydrogen (secondary N) is 1. The van der Waals surface area contributed by atoms with Gasteiger partial charge in [0.15, 0.2) is 0 Å². The summed E-state index contributed by atoms with van der Waals surface area (Å²) in [5, 5.41) is 6.86. The molecule has 0 bridgehead atoms. The van der Waals surface area contributed by atoms with Crippen LogP contribution in [0, 0.1) is 0 Å². The van der Waals surface area contributed by atoms with Crippen molar-refractivity contribution >= 4 is 17.5 Å². The third kappa shape index (κ3) is 3.45. The van der Waals surface area contributed by atoms with Crippen LogP contribution in [-0.4, -0.2) is 23.7 Å². The van der Waals surface area contributed by atoms with Crippen molar-refractivity contribution in [2.24, 2.45) is 0 Å². The maximum atomic E-state index is 12.5. The van der Waals surface area contributed by atoms with E-state index in [-0.39, 0.29) is 11.3 Å². The number of para-hydroxylation sites is 1. The molecule has 1 aromatic heterocycles. The molecule has 0 saturated heterocycles. The van der Waals surface area contributed by atoms with Gasteiger partial charge in [-0.2, -0.15) is 0 Å². The summed E-state index contributed by atoms with van der Waals surface area (Å²) in [7, 11) is 0. The average Bonchev–Trinajstić information content (AvgIpc) is 2.99. The fourth-order valence-corrected chi connectivity index (χ4v) is 3.02. The lowest BCUT2D eigenvalue weighted by Crippen LogP contribution is -2.42. The van der Waals surface area contributed by atoms with Crippen molar-refractivity contribution in [3.8, 4) is 0 Å². The summed E-state index contributed by atoms with van der Waals surface area (Å²) in [5.74, 6) is 0.318. The van der Waals surface area contributed by atoms with Gasteiger partial charge < -0.3 is 9.42 Å². The van der Waals surface area contributed by atoms with Crippen molar-refractivity contribution < 1.29 is 9.32 Å². The van der Waals surface area contributed by atoms with E-state index < -0.39 is 0 Å². The van der Waals surface area contributed by atoms with Gasteiger partial charge in [0.2, 0.25) is 11.8 Å². The number of aromatic nitrogens is 1. The van der Waals surface area contributed by atoms with Crippen molar-refractivity contribution in [1.29, 1.82) is 0 Å². The van der Waals surface area contributed by atoms with Crippen LogP contribution in [0.15, 0.2) is 34.9 Å². The average molecular weight is 327 g/mol. The number of anilines is 2. The van der Waals surface area contributed by atoms with Crippen LogP contribution < -0.4 is 10.2 Å². The summed E-state index contributed by atoms with van der Waals surface area (Å²) in [6, 6.07) is 10.4. The molecule has 5 heteroatoms. The molecule has 1 aliphatic heterocycles. The molecule has 0 spiro atoms. The van der Waals surface area contributed by atoms with Crippen LogP contribution in [0.4, 0.5) is 11.6 Å². The Bertz CT molecular complexity index is 730. The van der Waals surface area contributed by atoms with Crippen molar-refractivity contribution in [1.82, 2.24) is 5.16 Å². The third-order valence-electron chi connectivity index (χ3n) is 4.52. The number of carbonyl (C=O) groups is 1. The molecular formula is C19H25N3O2. The molecule has 5 nitrogen and oxygen atoms in total. The molecule has 3 rings (SSSR count). The maximum absolute atomic E-state index is 12.5. The van der Waals surface area contributed by atoms with Crippen LogP contribution >= 0.6 is 0 Å². The van der Waals surface area contributed by atoms with Gasteiger partial charge in [-0.1, -0.05) is 44.1 Å². The van der Waals surface area contributed by atoms with Gasteiger partial charge in [-0.25, -0.2) is 0 Å². The van der Waals surface area contributed by atoms with E-state index in [0.29, 0.717) is 18.5 Å². The smallest absolute Gasteiger partial charge is 0.246 e. The topological polar surface area (TPSA) is 58.4 Å². The van der Waals surface area contributed by atoms with E-state index in [1.807, 2.05) is 6.07 Å². The number of amides is 1. The van der Waals surface area contributed by atoms with Crippen LogP contribution in [0.25, 0.3) is 0 Å².